The molecule has 1 aromatic heterocycles. The van der Waals surface area contributed by atoms with Gasteiger partial charge in [0.1, 0.15) is 5.75 Å². The number of alkyl halides is 3. The minimum atomic E-state index is -4.38. The van der Waals surface area contributed by atoms with Crippen molar-refractivity contribution < 1.29 is 17.9 Å². The Kier molecular flexibility index (Phi) is 9.31. The number of halogens is 5. The molecule has 0 aliphatic rings. The van der Waals surface area contributed by atoms with Crippen LogP contribution in [0.4, 0.5) is 13.2 Å². The van der Waals surface area contributed by atoms with Crippen LogP contribution in [0.15, 0.2) is 60.7 Å². The minimum absolute atomic E-state index is 0.367. The van der Waals surface area contributed by atoms with Gasteiger partial charge in [-0.1, -0.05) is 55.2 Å². The number of likely N-dealkylation sites (N-methyl/N-ethyl adjacent to an activating group) is 1. The molecule has 0 spiro atoms. The second kappa shape index (κ2) is 12.5. The number of fused-ring (bicyclic) bond motifs is 1. The Labute approximate surface area is 235 Å². The maximum absolute atomic E-state index is 13.0. The molecule has 0 saturated carbocycles. The van der Waals surface area contributed by atoms with Crippen LogP contribution in [-0.4, -0.2) is 40.3 Å². The molecule has 0 amide bonds. The molecule has 4 aromatic rings. The number of hydrogen-bond acceptors (Lipinski definition) is 3. The molecule has 0 aliphatic carbocycles. The van der Waals surface area contributed by atoms with Gasteiger partial charge in [0, 0.05) is 24.7 Å². The molecule has 39 heavy (non-hydrogen) atoms. The standard InChI is InChI=1S/C29H31Cl2F3N4O/c1-3-36(4-2)15-16-38-26-18-21(20-6-9-22(10-7-20)29(32,33)34)8-12-25(26)37(28(38)35)14-5-17-39-27-13-11-23(30)19-24(27)31/h6-13,18-19,35H,3-5,14-17H2,1-2H3. The lowest BCUT2D eigenvalue weighted by atomic mass is 10.0. The van der Waals surface area contributed by atoms with Crippen LogP contribution in [0.1, 0.15) is 25.8 Å². The van der Waals surface area contributed by atoms with Crippen molar-refractivity contribution in [3.8, 4) is 16.9 Å². The second-order valence-electron chi connectivity index (χ2n) is 9.21. The normalized spacial score (nSPS) is 12.0. The van der Waals surface area contributed by atoms with E-state index in [-0.39, 0.29) is 0 Å². The number of aromatic nitrogens is 2. The summed E-state index contributed by atoms with van der Waals surface area (Å²) in [6.45, 7) is 8.39. The van der Waals surface area contributed by atoms with E-state index in [4.69, 9.17) is 33.3 Å². The summed E-state index contributed by atoms with van der Waals surface area (Å²) in [5.74, 6) is 0.556. The van der Waals surface area contributed by atoms with E-state index < -0.39 is 11.7 Å². The summed E-state index contributed by atoms with van der Waals surface area (Å²) in [6.07, 6.45) is -3.73. The number of hydrogen-bond donors (Lipinski definition) is 1. The number of aryl methyl sites for hydroxylation is 1. The molecule has 1 N–H and O–H groups in total. The van der Waals surface area contributed by atoms with Gasteiger partial charge in [0.2, 0.25) is 5.62 Å². The molecule has 0 unspecified atom stereocenters. The first kappa shape index (κ1) is 29.1. The maximum Gasteiger partial charge on any atom is 0.416 e. The van der Waals surface area contributed by atoms with Gasteiger partial charge in [-0.05, 0) is 73.1 Å². The van der Waals surface area contributed by atoms with Crippen molar-refractivity contribution in [1.29, 1.82) is 5.41 Å². The van der Waals surface area contributed by atoms with Crippen molar-refractivity contribution in [3.63, 3.8) is 0 Å². The van der Waals surface area contributed by atoms with E-state index >= 15 is 0 Å². The van der Waals surface area contributed by atoms with E-state index in [1.165, 1.54) is 12.1 Å². The first-order chi connectivity index (χ1) is 18.6. The summed E-state index contributed by atoms with van der Waals surface area (Å²) in [4.78, 5) is 2.29. The number of rotatable bonds is 11. The summed E-state index contributed by atoms with van der Waals surface area (Å²) in [6, 6.07) is 16.0. The van der Waals surface area contributed by atoms with Crippen molar-refractivity contribution in [2.24, 2.45) is 0 Å². The number of ether oxygens (including phenoxy) is 1. The zero-order valence-corrected chi connectivity index (χ0v) is 23.4. The monoisotopic (exact) mass is 578 g/mol. The van der Waals surface area contributed by atoms with Crippen molar-refractivity contribution in [1.82, 2.24) is 14.0 Å². The van der Waals surface area contributed by atoms with E-state index in [2.05, 4.69) is 18.7 Å². The van der Waals surface area contributed by atoms with Crippen molar-refractivity contribution in [3.05, 3.63) is 81.9 Å². The lowest BCUT2D eigenvalue weighted by Gasteiger charge is -2.18. The SMILES string of the molecule is CCN(CC)CCn1c(=N)n(CCCOc2ccc(Cl)cc2Cl)c2ccc(-c3ccc(C(F)(F)F)cc3)cc21. The van der Waals surface area contributed by atoms with Crippen molar-refractivity contribution >= 4 is 34.2 Å². The lowest BCUT2D eigenvalue weighted by molar-refractivity contribution is -0.137. The highest BCUT2D eigenvalue weighted by Gasteiger charge is 2.30. The van der Waals surface area contributed by atoms with Crippen molar-refractivity contribution in [2.75, 3.05) is 26.2 Å². The molecule has 3 aromatic carbocycles. The van der Waals surface area contributed by atoms with E-state index in [0.717, 1.165) is 48.4 Å². The Morgan fingerprint density at radius 1 is 0.846 bits per heavy atom. The molecule has 0 fully saturated rings. The second-order valence-corrected chi connectivity index (χ2v) is 10.1. The third-order valence-electron chi connectivity index (χ3n) is 6.83. The fraction of sp³-hybridized carbons (Fsp3) is 0.345. The predicted octanol–water partition coefficient (Wildman–Crippen LogP) is 7.73. The summed E-state index contributed by atoms with van der Waals surface area (Å²) in [5, 5.41) is 9.95. The zero-order valence-electron chi connectivity index (χ0n) is 21.9. The number of nitrogens with zero attached hydrogens (tertiary/aromatic N) is 3. The number of imidazole rings is 1. The summed E-state index contributed by atoms with van der Waals surface area (Å²) < 4.78 is 48.9. The molecule has 5 nitrogen and oxygen atoms in total. The van der Waals surface area contributed by atoms with Gasteiger partial charge < -0.3 is 18.8 Å². The van der Waals surface area contributed by atoms with Crippen LogP contribution in [-0.2, 0) is 19.3 Å². The maximum atomic E-state index is 13.0. The first-order valence-electron chi connectivity index (χ1n) is 12.9. The van der Waals surface area contributed by atoms with Gasteiger partial charge in [-0.3, -0.25) is 5.41 Å². The smallest absolute Gasteiger partial charge is 0.416 e. The van der Waals surface area contributed by atoms with Gasteiger partial charge in [-0.15, -0.1) is 0 Å². The average molecular weight is 579 g/mol. The third kappa shape index (κ3) is 6.80. The van der Waals surface area contributed by atoms with Gasteiger partial charge in [0.15, 0.2) is 0 Å². The Morgan fingerprint density at radius 2 is 1.51 bits per heavy atom. The fourth-order valence-corrected chi connectivity index (χ4v) is 5.07. The zero-order chi connectivity index (χ0) is 28.2. The molecule has 0 saturated heterocycles. The molecule has 0 atom stereocenters. The van der Waals surface area contributed by atoms with Gasteiger partial charge in [0.25, 0.3) is 0 Å². The van der Waals surface area contributed by atoms with Crippen LogP contribution in [0.2, 0.25) is 10.0 Å². The Bertz CT molecular complexity index is 1480. The summed E-state index contributed by atoms with van der Waals surface area (Å²) in [5.41, 5.74) is 2.93. The van der Waals surface area contributed by atoms with Crippen LogP contribution in [0.5, 0.6) is 5.75 Å². The van der Waals surface area contributed by atoms with Gasteiger partial charge in [-0.2, -0.15) is 13.2 Å². The third-order valence-corrected chi connectivity index (χ3v) is 7.36. The van der Waals surface area contributed by atoms with Crippen LogP contribution in [0.25, 0.3) is 22.2 Å². The van der Waals surface area contributed by atoms with E-state index in [0.29, 0.717) is 53.1 Å². The molecular weight excluding hydrogens is 548 g/mol. The Balaban J connectivity index is 1.61. The molecule has 4 rings (SSSR count). The van der Waals surface area contributed by atoms with E-state index in [1.807, 2.05) is 27.3 Å². The van der Waals surface area contributed by atoms with Crippen LogP contribution in [0.3, 0.4) is 0 Å². The summed E-state index contributed by atoms with van der Waals surface area (Å²) >= 11 is 12.2. The fourth-order valence-electron chi connectivity index (χ4n) is 4.60. The van der Waals surface area contributed by atoms with Gasteiger partial charge in [0.05, 0.1) is 28.2 Å². The molecule has 208 valence electrons. The average Bonchev–Trinajstić information content (AvgIpc) is 3.17. The quantitative estimate of drug-likeness (QED) is 0.185. The highest BCUT2D eigenvalue weighted by molar-refractivity contribution is 6.35. The van der Waals surface area contributed by atoms with Crippen molar-refractivity contribution in [2.45, 2.75) is 39.5 Å². The Morgan fingerprint density at radius 3 is 2.15 bits per heavy atom. The van der Waals surface area contributed by atoms with Crippen LogP contribution < -0.4 is 10.4 Å². The van der Waals surface area contributed by atoms with Crippen LogP contribution in [0, 0.1) is 5.41 Å². The van der Waals surface area contributed by atoms with Gasteiger partial charge >= 0.3 is 6.18 Å². The summed E-state index contributed by atoms with van der Waals surface area (Å²) in [7, 11) is 0. The Hall–Kier alpha value is -2.94. The van der Waals surface area contributed by atoms with Crippen LogP contribution >= 0.6 is 23.2 Å². The first-order valence-corrected chi connectivity index (χ1v) is 13.6. The molecule has 0 aliphatic heterocycles. The molecule has 0 radical (unpaired) electrons. The van der Waals surface area contributed by atoms with E-state index in [9.17, 15) is 13.2 Å². The molecular formula is C29H31Cl2F3N4O. The van der Waals surface area contributed by atoms with E-state index in [1.54, 1.807) is 18.2 Å². The largest absolute Gasteiger partial charge is 0.492 e. The highest BCUT2D eigenvalue weighted by atomic mass is 35.5. The topological polar surface area (TPSA) is 46.2 Å². The predicted molar refractivity (Wildman–Crippen MR) is 151 cm³/mol. The molecule has 10 heteroatoms. The number of nitrogens with one attached hydrogen (secondary N) is 1. The number of benzene rings is 3. The van der Waals surface area contributed by atoms with Gasteiger partial charge in [-0.25, -0.2) is 0 Å². The molecule has 1 heterocycles. The minimum Gasteiger partial charge on any atom is -0.492 e. The lowest BCUT2D eigenvalue weighted by Crippen LogP contribution is -2.32. The molecule has 0 bridgehead atoms. The highest BCUT2D eigenvalue weighted by Crippen LogP contribution is 2.32.